The molecule has 1 atom stereocenters. The smallest absolute Gasteiger partial charge is 0.317 e. The summed E-state index contributed by atoms with van der Waals surface area (Å²) in [6, 6.07) is 3.10. The summed E-state index contributed by atoms with van der Waals surface area (Å²) in [7, 11) is 0. The summed E-state index contributed by atoms with van der Waals surface area (Å²) in [6.07, 6.45) is 6.89. The van der Waals surface area contributed by atoms with Crippen molar-refractivity contribution < 1.29 is 9.53 Å². The van der Waals surface area contributed by atoms with Crippen LogP contribution in [0, 0.1) is 5.92 Å². The second-order valence-corrected chi connectivity index (χ2v) is 7.30. The van der Waals surface area contributed by atoms with Gasteiger partial charge in [-0.25, -0.2) is 19.1 Å². The number of piperidine rings is 1. The van der Waals surface area contributed by atoms with Crippen molar-refractivity contribution in [3.05, 3.63) is 35.1 Å². The molecule has 0 aliphatic carbocycles. The average molecular weight is 387 g/mol. The predicted octanol–water partition coefficient (Wildman–Crippen LogP) is 0.425. The number of nitrogens with one attached hydrogen (secondary N) is 1. The van der Waals surface area contributed by atoms with Crippen molar-refractivity contribution in [3.63, 3.8) is 0 Å². The molecule has 2 aromatic rings. The van der Waals surface area contributed by atoms with Crippen LogP contribution in [0.15, 0.2) is 29.6 Å². The van der Waals surface area contributed by atoms with Crippen molar-refractivity contribution in [2.24, 2.45) is 5.92 Å². The number of carbonyl (C=O) groups excluding carboxylic acids is 1. The normalized spacial score (nSPS) is 20.4. The second kappa shape index (κ2) is 8.51. The molecule has 4 rings (SSSR count). The standard InChI is InChI=1S/C18H25N7O3/c26-17-4-3-16(25-13-19-12-21-25)22-24(17)11-14-5-7-23(8-6-14)18(27)20-10-15-2-1-9-28-15/h3-4,12-15H,1-2,5-11H2,(H,20,27). The van der Waals surface area contributed by atoms with Crippen molar-refractivity contribution in [2.75, 3.05) is 26.2 Å². The lowest BCUT2D eigenvalue weighted by Gasteiger charge is -2.32. The third-order valence-electron chi connectivity index (χ3n) is 5.34. The number of hydrogen-bond acceptors (Lipinski definition) is 6. The van der Waals surface area contributed by atoms with E-state index in [0.717, 1.165) is 32.3 Å². The number of nitrogens with zero attached hydrogens (tertiary/aromatic N) is 6. The van der Waals surface area contributed by atoms with Gasteiger partial charge in [0.1, 0.15) is 12.7 Å². The molecule has 4 heterocycles. The van der Waals surface area contributed by atoms with Gasteiger partial charge >= 0.3 is 6.03 Å². The summed E-state index contributed by atoms with van der Waals surface area (Å²) >= 11 is 0. The van der Waals surface area contributed by atoms with Gasteiger partial charge in [-0.1, -0.05) is 0 Å². The summed E-state index contributed by atoms with van der Waals surface area (Å²) in [5, 5.41) is 11.4. The van der Waals surface area contributed by atoms with Crippen LogP contribution in [0.3, 0.4) is 0 Å². The molecule has 2 aliphatic heterocycles. The second-order valence-electron chi connectivity index (χ2n) is 7.30. The van der Waals surface area contributed by atoms with Crippen LogP contribution in [0.4, 0.5) is 4.79 Å². The summed E-state index contributed by atoms with van der Waals surface area (Å²) in [4.78, 5) is 30.2. The van der Waals surface area contributed by atoms with Crippen LogP contribution in [-0.2, 0) is 11.3 Å². The SMILES string of the molecule is O=C(NCC1CCCO1)N1CCC(Cn2nc(-n3cncn3)ccc2=O)CC1. The molecule has 28 heavy (non-hydrogen) atoms. The van der Waals surface area contributed by atoms with Crippen LogP contribution in [0.2, 0.25) is 0 Å². The van der Waals surface area contributed by atoms with E-state index in [1.807, 2.05) is 4.90 Å². The first-order chi connectivity index (χ1) is 13.7. The molecular weight excluding hydrogens is 362 g/mol. The molecule has 1 unspecified atom stereocenters. The highest BCUT2D eigenvalue weighted by Crippen LogP contribution is 2.19. The third-order valence-corrected chi connectivity index (χ3v) is 5.34. The van der Waals surface area contributed by atoms with Crippen molar-refractivity contribution in [1.82, 2.24) is 34.8 Å². The van der Waals surface area contributed by atoms with Crippen molar-refractivity contribution in [2.45, 2.75) is 38.3 Å². The average Bonchev–Trinajstić information content (AvgIpc) is 3.42. The molecule has 2 saturated heterocycles. The fraction of sp³-hybridized carbons (Fsp3) is 0.611. The molecule has 0 saturated carbocycles. The Morgan fingerprint density at radius 2 is 2.11 bits per heavy atom. The molecule has 1 N–H and O–H groups in total. The van der Waals surface area contributed by atoms with Gasteiger partial charge in [0.15, 0.2) is 5.82 Å². The first-order valence-corrected chi connectivity index (χ1v) is 9.76. The Kier molecular flexibility index (Phi) is 5.65. The number of likely N-dealkylation sites (tertiary alicyclic amines) is 1. The van der Waals surface area contributed by atoms with E-state index in [1.54, 1.807) is 12.4 Å². The van der Waals surface area contributed by atoms with E-state index < -0.39 is 0 Å². The summed E-state index contributed by atoms with van der Waals surface area (Å²) in [6.45, 7) is 3.26. The highest BCUT2D eigenvalue weighted by molar-refractivity contribution is 5.74. The van der Waals surface area contributed by atoms with Crippen molar-refractivity contribution >= 4 is 6.03 Å². The maximum atomic E-state index is 12.3. The van der Waals surface area contributed by atoms with E-state index in [4.69, 9.17) is 4.74 Å². The Labute approximate surface area is 162 Å². The van der Waals surface area contributed by atoms with E-state index in [1.165, 1.54) is 21.8 Å². The topological polar surface area (TPSA) is 107 Å². The number of hydrogen-bond donors (Lipinski definition) is 1. The highest BCUT2D eigenvalue weighted by atomic mass is 16.5. The molecule has 0 bridgehead atoms. The van der Waals surface area contributed by atoms with Gasteiger partial charge in [-0.3, -0.25) is 4.79 Å². The number of urea groups is 1. The van der Waals surface area contributed by atoms with Crippen LogP contribution in [-0.4, -0.2) is 67.8 Å². The number of carbonyl (C=O) groups is 1. The van der Waals surface area contributed by atoms with E-state index >= 15 is 0 Å². The zero-order chi connectivity index (χ0) is 19.3. The quantitative estimate of drug-likeness (QED) is 0.797. The summed E-state index contributed by atoms with van der Waals surface area (Å²) in [5.41, 5.74) is -0.138. The minimum atomic E-state index is -0.138. The van der Waals surface area contributed by atoms with Gasteiger partial charge < -0.3 is 15.0 Å². The molecule has 2 amide bonds. The van der Waals surface area contributed by atoms with Crippen LogP contribution >= 0.6 is 0 Å². The number of aromatic nitrogens is 5. The van der Waals surface area contributed by atoms with Crippen molar-refractivity contribution in [3.8, 4) is 5.82 Å². The van der Waals surface area contributed by atoms with Gasteiger partial charge in [0, 0.05) is 38.9 Å². The van der Waals surface area contributed by atoms with Gasteiger partial charge in [0.25, 0.3) is 5.56 Å². The van der Waals surface area contributed by atoms with Gasteiger partial charge in [-0.15, -0.1) is 5.10 Å². The zero-order valence-electron chi connectivity index (χ0n) is 15.7. The molecule has 0 aromatic carbocycles. The Hall–Kier alpha value is -2.75. The summed E-state index contributed by atoms with van der Waals surface area (Å²) in [5.74, 6) is 0.862. The molecule has 2 fully saturated rings. The van der Waals surface area contributed by atoms with Gasteiger partial charge in [0.2, 0.25) is 0 Å². The van der Waals surface area contributed by atoms with Crippen molar-refractivity contribution in [1.29, 1.82) is 0 Å². The minimum Gasteiger partial charge on any atom is -0.376 e. The molecular formula is C18H25N7O3. The van der Waals surface area contributed by atoms with Crippen LogP contribution in [0.25, 0.3) is 5.82 Å². The third kappa shape index (κ3) is 4.38. The monoisotopic (exact) mass is 387 g/mol. The first kappa shape index (κ1) is 18.6. The van der Waals surface area contributed by atoms with Gasteiger partial charge in [-0.05, 0) is 37.7 Å². The zero-order valence-corrected chi connectivity index (χ0v) is 15.7. The lowest BCUT2D eigenvalue weighted by molar-refractivity contribution is 0.107. The Bertz CT molecular complexity index is 837. The maximum Gasteiger partial charge on any atom is 0.317 e. The number of ether oxygens (including phenoxy) is 1. The lowest BCUT2D eigenvalue weighted by Crippen LogP contribution is -2.47. The highest BCUT2D eigenvalue weighted by Gasteiger charge is 2.24. The Balaban J connectivity index is 1.29. The molecule has 2 aliphatic rings. The molecule has 0 spiro atoms. The minimum absolute atomic E-state index is 0.0302. The van der Waals surface area contributed by atoms with E-state index in [-0.39, 0.29) is 17.7 Å². The molecule has 2 aromatic heterocycles. The van der Waals surface area contributed by atoms with E-state index in [2.05, 4.69) is 20.5 Å². The number of amides is 2. The first-order valence-electron chi connectivity index (χ1n) is 9.76. The fourth-order valence-corrected chi connectivity index (χ4v) is 3.70. The molecule has 0 radical (unpaired) electrons. The molecule has 10 nitrogen and oxygen atoms in total. The lowest BCUT2D eigenvalue weighted by atomic mass is 9.97. The fourth-order valence-electron chi connectivity index (χ4n) is 3.70. The Morgan fingerprint density at radius 3 is 2.82 bits per heavy atom. The predicted molar refractivity (Wildman–Crippen MR) is 100 cm³/mol. The Morgan fingerprint density at radius 1 is 1.25 bits per heavy atom. The van der Waals surface area contributed by atoms with Crippen LogP contribution < -0.4 is 10.9 Å². The summed E-state index contributed by atoms with van der Waals surface area (Å²) < 4.78 is 8.54. The molecule has 10 heteroatoms. The van der Waals surface area contributed by atoms with Gasteiger partial charge in [-0.2, -0.15) is 5.10 Å². The maximum absolute atomic E-state index is 12.3. The van der Waals surface area contributed by atoms with E-state index in [0.29, 0.717) is 37.9 Å². The van der Waals surface area contributed by atoms with Gasteiger partial charge in [0.05, 0.1) is 6.10 Å². The van der Waals surface area contributed by atoms with Crippen LogP contribution in [0.1, 0.15) is 25.7 Å². The van der Waals surface area contributed by atoms with Crippen LogP contribution in [0.5, 0.6) is 0 Å². The number of rotatable bonds is 5. The largest absolute Gasteiger partial charge is 0.376 e. The molecule has 150 valence electrons. The van der Waals surface area contributed by atoms with E-state index in [9.17, 15) is 9.59 Å².